The van der Waals surface area contributed by atoms with Gasteiger partial charge in [-0.1, -0.05) is 11.6 Å². The van der Waals surface area contributed by atoms with E-state index in [0.717, 1.165) is 17.7 Å². The second-order valence-corrected chi connectivity index (χ2v) is 4.67. The molecule has 0 unspecified atom stereocenters. The van der Waals surface area contributed by atoms with Crippen molar-refractivity contribution < 1.29 is 17.9 Å². The Labute approximate surface area is 118 Å². The molecule has 0 spiro atoms. The van der Waals surface area contributed by atoms with Crippen molar-refractivity contribution in [2.24, 2.45) is 0 Å². The number of nitrogen functional groups attached to an aromatic ring is 1. The minimum atomic E-state index is -4.37. The highest BCUT2D eigenvalue weighted by Gasteiger charge is 2.30. The fraction of sp³-hybridized carbons (Fsp3) is 0.143. The first kappa shape index (κ1) is 14.5. The number of benzene rings is 2. The standard InChI is InChI=1S/C14H11ClF3NO/c1-8-6-13(11(15)7-12(8)19)20-10-4-2-9(3-5-10)14(16,17)18/h2-7H,19H2,1H3. The molecule has 2 N–H and O–H groups in total. The third-order valence-electron chi connectivity index (χ3n) is 2.73. The van der Waals surface area contributed by atoms with Gasteiger partial charge in [-0.2, -0.15) is 13.2 Å². The number of hydrogen-bond donors (Lipinski definition) is 1. The highest BCUT2D eigenvalue weighted by molar-refractivity contribution is 6.32. The van der Waals surface area contributed by atoms with Crippen LogP contribution in [0.3, 0.4) is 0 Å². The van der Waals surface area contributed by atoms with Crippen molar-refractivity contribution in [3.8, 4) is 11.5 Å². The van der Waals surface area contributed by atoms with E-state index in [1.165, 1.54) is 18.2 Å². The fourth-order valence-corrected chi connectivity index (χ4v) is 1.80. The molecule has 0 aromatic heterocycles. The summed E-state index contributed by atoms with van der Waals surface area (Å²) in [5.74, 6) is 0.613. The maximum Gasteiger partial charge on any atom is 0.416 e. The molecular weight excluding hydrogens is 291 g/mol. The molecule has 0 saturated heterocycles. The molecule has 0 aliphatic heterocycles. The van der Waals surface area contributed by atoms with Gasteiger partial charge >= 0.3 is 6.18 Å². The molecule has 0 bridgehead atoms. The summed E-state index contributed by atoms with van der Waals surface area (Å²) in [5, 5.41) is 0.299. The van der Waals surface area contributed by atoms with Gasteiger partial charge in [0.2, 0.25) is 0 Å². The molecule has 0 amide bonds. The van der Waals surface area contributed by atoms with E-state index in [1.807, 2.05) is 0 Å². The van der Waals surface area contributed by atoms with Gasteiger partial charge in [0.15, 0.2) is 0 Å². The van der Waals surface area contributed by atoms with Crippen LogP contribution in [-0.2, 0) is 6.18 Å². The third kappa shape index (κ3) is 3.17. The van der Waals surface area contributed by atoms with Crippen LogP contribution in [0.4, 0.5) is 18.9 Å². The summed E-state index contributed by atoms with van der Waals surface area (Å²) >= 11 is 5.97. The Morgan fingerprint density at radius 1 is 1.10 bits per heavy atom. The van der Waals surface area contributed by atoms with Gasteiger partial charge in [0.1, 0.15) is 11.5 Å². The lowest BCUT2D eigenvalue weighted by Crippen LogP contribution is -2.04. The Bertz CT molecular complexity index is 624. The Balaban J connectivity index is 2.25. The van der Waals surface area contributed by atoms with E-state index >= 15 is 0 Å². The Hall–Kier alpha value is -1.88. The van der Waals surface area contributed by atoms with Crippen LogP contribution >= 0.6 is 11.6 Å². The zero-order chi connectivity index (χ0) is 14.9. The Morgan fingerprint density at radius 3 is 2.25 bits per heavy atom. The summed E-state index contributed by atoms with van der Waals surface area (Å²) in [7, 11) is 0. The molecule has 2 aromatic rings. The first-order valence-electron chi connectivity index (χ1n) is 5.68. The summed E-state index contributed by atoms with van der Waals surface area (Å²) in [6, 6.07) is 7.56. The van der Waals surface area contributed by atoms with Gasteiger partial charge in [0.05, 0.1) is 10.6 Å². The summed E-state index contributed by atoms with van der Waals surface area (Å²) in [5.41, 5.74) is 6.25. The van der Waals surface area contributed by atoms with Gasteiger partial charge in [-0.3, -0.25) is 0 Å². The molecule has 6 heteroatoms. The van der Waals surface area contributed by atoms with Crippen LogP contribution in [0.5, 0.6) is 11.5 Å². The van der Waals surface area contributed by atoms with Crippen LogP contribution < -0.4 is 10.5 Å². The lowest BCUT2D eigenvalue weighted by molar-refractivity contribution is -0.137. The zero-order valence-electron chi connectivity index (χ0n) is 10.5. The minimum absolute atomic E-state index is 0.268. The topological polar surface area (TPSA) is 35.2 Å². The van der Waals surface area contributed by atoms with Crippen LogP contribution in [-0.4, -0.2) is 0 Å². The van der Waals surface area contributed by atoms with Gasteiger partial charge in [-0.15, -0.1) is 0 Å². The van der Waals surface area contributed by atoms with Gasteiger partial charge in [-0.25, -0.2) is 0 Å². The summed E-state index contributed by atoms with van der Waals surface area (Å²) in [6.07, 6.45) is -4.37. The number of alkyl halides is 3. The van der Waals surface area contributed by atoms with Crippen molar-refractivity contribution in [2.75, 3.05) is 5.73 Å². The number of rotatable bonds is 2. The van der Waals surface area contributed by atoms with E-state index in [9.17, 15) is 13.2 Å². The largest absolute Gasteiger partial charge is 0.456 e. The lowest BCUT2D eigenvalue weighted by Gasteiger charge is -2.11. The van der Waals surface area contributed by atoms with Crippen molar-refractivity contribution >= 4 is 17.3 Å². The predicted molar refractivity (Wildman–Crippen MR) is 72.1 cm³/mol. The lowest BCUT2D eigenvalue weighted by atomic mass is 10.2. The predicted octanol–water partition coefficient (Wildman–Crippen LogP) is 5.04. The minimum Gasteiger partial charge on any atom is -0.456 e. The molecule has 0 aliphatic rings. The summed E-state index contributed by atoms with van der Waals surface area (Å²) < 4.78 is 42.8. The molecule has 106 valence electrons. The Morgan fingerprint density at radius 2 is 1.70 bits per heavy atom. The Kier molecular flexibility index (Phi) is 3.81. The molecule has 2 aromatic carbocycles. The molecule has 2 nitrogen and oxygen atoms in total. The van der Waals surface area contributed by atoms with Crippen molar-refractivity contribution in [1.29, 1.82) is 0 Å². The van der Waals surface area contributed by atoms with Gasteiger partial charge < -0.3 is 10.5 Å². The highest BCUT2D eigenvalue weighted by atomic mass is 35.5. The third-order valence-corrected chi connectivity index (χ3v) is 3.03. The normalized spacial score (nSPS) is 11.4. The van der Waals surface area contributed by atoms with Crippen LogP contribution in [0.25, 0.3) is 0 Å². The second-order valence-electron chi connectivity index (χ2n) is 4.26. The number of nitrogens with two attached hydrogens (primary N) is 1. The van der Waals surface area contributed by atoms with Crippen LogP contribution in [0.2, 0.25) is 5.02 Å². The van der Waals surface area contributed by atoms with E-state index in [0.29, 0.717) is 16.5 Å². The van der Waals surface area contributed by atoms with Gasteiger partial charge in [0, 0.05) is 5.69 Å². The highest BCUT2D eigenvalue weighted by Crippen LogP contribution is 2.35. The average molecular weight is 302 g/mol. The molecule has 0 atom stereocenters. The molecule has 0 aliphatic carbocycles. The number of hydrogen-bond acceptors (Lipinski definition) is 2. The SMILES string of the molecule is Cc1cc(Oc2ccc(C(F)(F)F)cc2)c(Cl)cc1N. The van der Waals surface area contributed by atoms with Crippen molar-refractivity contribution in [1.82, 2.24) is 0 Å². The molecule has 0 fully saturated rings. The zero-order valence-corrected chi connectivity index (χ0v) is 11.2. The smallest absolute Gasteiger partial charge is 0.416 e. The quantitative estimate of drug-likeness (QED) is 0.789. The maximum atomic E-state index is 12.4. The van der Waals surface area contributed by atoms with E-state index in [1.54, 1.807) is 13.0 Å². The van der Waals surface area contributed by atoms with Crippen molar-refractivity contribution in [3.05, 3.63) is 52.5 Å². The number of aryl methyl sites for hydroxylation is 1. The summed E-state index contributed by atoms with van der Waals surface area (Å²) in [6.45, 7) is 1.78. The number of halogens is 4. The molecule has 0 saturated carbocycles. The van der Waals surface area contributed by atoms with Crippen molar-refractivity contribution in [2.45, 2.75) is 13.1 Å². The van der Waals surface area contributed by atoms with Crippen LogP contribution in [0.15, 0.2) is 36.4 Å². The number of anilines is 1. The van der Waals surface area contributed by atoms with Gasteiger partial charge in [-0.05, 0) is 48.9 Å². The summed E-state index contributed by atoms with van der Waals surface area (Å²) in [4.78, 5) is 0. The van der Waals surface area contributed by atoms with E-state index in [-0.39, 0.29) is 5.75 Å². The number of ether oxygens (including phenoxy) is 1. The molecule has 2 rings (SSSR count). The first-order valence-corrected chi connectivity index (χ1v) is 6.06. The van der Waals surface area contributed by atoms with Crippen LogP contribution in [0.1, 0.15) is 11.1 Å². The van der Waals surface area contributed by atoms with Crippen LogP contribution in [0, 0.1) is 6.92 Å². The molecule has 20 heavy (non-hydrogen) atoms. The monoisotopic (exact) mass is 301 g/mol. The first-order chi connectivity index (χ1) is 9.27. The van der Waals surface area contributed by atoms with E-state index in [2.05, 4.69) is 0 Å². The van der Waals surface area contributed by atoms with E-state index in [4.69, 9.17) is 22.1 Å². The second kappa shape index (κ2) is 5.25. The van der Waals surface area contributed by atoms with Gasteiger partial charge in [0.25, 0.3) is 0 Å². The fourth-order valence-electron chi connectivity index (χ4n) is 1.59. The molecule has 0 heterocycles. The molecular formula is C14H11ClF3NO. The maximum absolute atomic E-state index is 12.4. The van der Waals surface area contributed by atoms with E-state index < -0.39 is 11.7 Å². The van der Waals surface area contributed by atoms with Crippen molar-refractivity contribution in [3.63, 3.8) is 0 Å². The average Bonchev–Trinajstić information content (AvgIpc) is 2.35. The molecule has 0 radical (unpaired) electrons.